The van der Waals surface area contributed by atoms with E-state index in [1.54, 1.807) is 6.21 Å². The Morgan fingerprint density at radius 2 is 2.08 bits per heavy atom. The summed E-state index contributed by atoms with van der Waals surface area (Å²) in [7, 11) is 0. The van der Waals surface area contributed by atoms with Crippen LogP contribution in [0.5, 0.6) is 0 Å². The molecule has 0 atom stereocenters. The van der Waals surface area contributed by atoms with Crippen LogP contribution in [-0.2, 0) is 4.74 Å². The number of carbonyl (C=O) groups is 1. The summed E-state index contributed by atoms with van der Waals surface area (Å²) >= 11 is 0. The molecule has 0 saturated carbocycles. The summed E-state index contributed by atoms with van der Waals surface area (Å²) in [6.07, 6.45) is 4.14. The zero-order valence-corrected chi connectivity index (χ0v) is 8.96. The van der Waals surface area contributed by atoms with Gasteiger partial charge in [-0.05, 0) is 33.6 Å². The molecule has 76 valence electrons. The Kier molecular flexibility index (Phi) is 5.35. The van der Waals surface area contributed by atoms with Gasteiger partial charge < -0.3 is 4.74 Å². The van der Waals surface area contributed by atoms with Gasteiger partial charge in [0, 0.05) is 6.21 Å². The largest absolute Gasteiger partial charge is 0.442 e. The number of carbonyl (C=O) groups excluding carboxylic acids is 1. The van der Waals surface area contributed by atoms with Crippen LogP contribution in [0.1, 0.15) is 47.0 Å². The number of ether oxygens (including phenoxy) is 1. The van der Waals surface area contributed by atoms with Crippen molar-refractivity contribution >= 4 is 12.3 Å². The maximum atomic E-state index is 11.0. The average Bonchev–Trinajstić information content (AvgIpc) is 1.94. The smallest absolute Gasteiger partial charge is 0.433 e. The standard InChI is InChI=1S/C10H19NO2/c1-5-6-7-8-11-9(12)13-10(2,3)4/h8H,5-7H2,1-4H3/b11-8-. The Hall–Kier alpha value is -0.860. The van der Waals surface area contributed by atoms with Crippen molar-refractivity contribution in [2.24, 2.45) is 4.99 Å². The summed E-state index contributed by atoms with van der Waals surface area (Å²) in [6, 6.07) is 0. The van der Waals surface area contributed by atoms with Gasteiger partial charge in [-0.25, -0.2) is 4.79 Å². The van der Waals surface area contributed by atoms with Crippen molar-refractivity contribution in [2.75, 3.05) is 0 Å². The fourth-order valence-electron chi connectivity index (χ4n) is 0.723. The highest BCUT2D eigenvalue weighted by atomic mass is 16.6. The number of hydrogen-bond donors (Lipinski definition) is 0. The summed E-state index contributed by atoms with van der Waals surface area (Å²) in [4.78, 5) is 14.7. The lowest BCUT2D eigenvalue weighted by molar-refractivity contribution is 0.0605. The van der Waals surface area contributed by atoms with Crippen LogP contribution in [0.4, 0.5) is 4.79 Å². The number of rotatable bonds is 3. The van der Waals surface area contributed by atoms with Crippen LogP contribution in [0.3, 0.4) is 0 Å². The Labute approximate surface area is 80.2 Å². The van der Waals surface area contributed by atoms with Gasteiger partial charge in [0.05, 0.1) is 0 Å². The van der Waals surface area contributed by atoms with Crippen molar-refractivity contribution < 1.29 is 9.53 Å². The van der Waals surface area contributed by atoms with E-state index < -0.39 is 11.7 Å². The summed E-state index contributed by atoms with van der Waals surface area (Å²) in [5.74, 6) is 0. The SMILES string of the molecule is CCCC/C=N\C(=O)OC(C)(C)C. The van der Waals surface area contributed by atoms with Gasteiger partial charge in [-0.1, -0.05) is 13.3 Å². The number of nitrogens with zero attached hydrogens (tertiary/aromatic N) is 1. The summed E-state index contributed by atoms with van der Waals surface area (Å²) < 4.78 is 4.98. The van der Waals surface area contributed by atoms with Crippen molar-refractivity contribution in [2.45, 2.75) is 52.6 Å². The van der Waals surface area contributed by atoms with Crippen molar-refractivity contribution in [3.8, 4) is 0 Å². The van der Waals surface area contributed by atoms with E-state index in [4.69, 9.17) is 4.74 Å². The third-order valence-electron chi connectivity index (χ3n) is 1.28. The maximum absolute atomic E-state index is 11.0. The molecule has 0 aliphatic carbocycles. The number of aliphatic imine (C=N–C) groups is 1. The molecule has 3 heteroatoms. The molecule has 0 unspecified atom stereocenters. The Bertz CT molecular complexity index is 180. The number of hydrogen-bond acceptors (Lipinski definition) is 2. The molecule has 0 aromatic heterocycles. The molecule has 1 amide bonds. The summed E-state index contributed by atoms with van der Waals surface area (Å²) in [6.45, 7) is 7.58. The van der Waals surface area contributed by atoms with E-state index >= 15 is 0 Å². The molecule has 0 aromatic carbocycles. The monoisotopic (exact) mass is 185 g/mol. The molecule has 3 nitrogen and oxygen atoms in total. The Balaban J connectivity index is 3.68. The average molecular weight is 185 g/mol. The molecule has 0 rings (SSSR count). The normalized spacial score (nSPS) is 12.0. The van der Waals surface area contributed by atoms with Crippen LogP contribution >= 0.6 is 0 Å². The predicted molar refractivity (Wildman–Crippen MR) is 54.3 cm³/mol. The molecule has 0 aliphatic rings. The van der Waals surface area contributed by atoms with Crippen LogP contribution in [-0.4, -0.2) is 17.9 Å². The highest BCUT2D eigenvalue weighted by molar-refractivity contribution is 5.79. The molecule has 0 bridgehead atoms. The fraction of sp³-hybridized carbons (Fsp3) is 0.800. The highest BCUT2D eigenvalue weighted by Gasteiger charge is 2.14. The third-order valence-corrected chi connectivity index (χ3v) is 1.28. The first-order chi connectivity index (χ1) is 5.95. The zero-order valence-electron chi connectivity index (χ0n) is 8.96. The molecule has 0 fully saturated rings. The van der Waals surface area contributed by atoms with Gasteiger partial charge in [0.25, 0.3) is 0 Å². The molecule has 0 spiro atoms. The maximum Gasteiger partial charge on any atom is 0.433 e. The van der Waals surface area contributed by atoms with Gasteiger partial charge in [-0.15, -0.1) is 0 Å². The number of amides is 1. The lowest BCUT2D eigenvalue weighted by atomic mass is 10.2. The van der Waals surface area contributed by atoms with E-state index in [0.29, 0.717) is 0 Å². The topological polar surface area (TPSA) is 38.7 Å². The van der Waals surface area contributed by atoms with Gasteiger partial charge in [-0.2, -0.15) is 4.99 Å². The minimum atomic E-state index is -0.497. The minimum Gasteiger partial charge on any atom is -0.442 e. The molecule has 13 heavy (non-hydrogen) atoms. The first-order valence-electron chi connectivity index (χ1n) is 4.71. The Morgan fingerprint density at radius 1 is 1.46 bits per heavy atom. The van der Waals surface area contributed by atoms with Crippen molar-refractivity contribution in [3.05, 3.63) is 0 Å². The van der Waals surface area contributed by atoms with E-state index in [2.05, 4.69) is 11.9 Å². The van der Waals surface area contributed by atoms with Gasteiger partial charge in [0.1, 0.15) is 5.60 Å². The van der Waals surface area contributed by atoms with Gasteiger partial charge in [0.15, 0.2) is 0 Å². The molecule has 0 radical (unpaired) electrons. The first-order valence-corrected chi connectivity index (χ1v) is 4.71. The lowest BCUT2D eigenvalue weighted by Crippen LogP contribution is -2.21. The Morgan fingerprint density at radius 3 is 2.54 bits per heavy atom. The van der Waals surface area contributed by atoms with Crippen LogP contribution in [0.25, 0.3) is 0 Å². The van der Waals surface area contributed by atoms with Crippen molar-refractivity contribution in [1.29, 1.82) is 0 Å². The summed E-state index contributed by atoms with van der Waals surface area (Å²) in [5.41, 5.74) is -0.445. The number of unbranched alkanes of at least 4 members (excludes halogenated alkanes) is 2. The van der Waals surface area contributed by atoms with Crippen LogP contribution in [0.2, 0.25) is 0 Å². The van der Waals surface area contributed by atoms with Gasteiger partial charge in [-0.3, -0.25) is 0 Å². The van der Waals surface area contributed by atoms with E-state index in [1.165, 1.54) is 0 Å². The summed E-state index contributed by atoms with van der Waals surface area (Å²) in [5, 5.41) is 0. The van der Waals surface area contributed by atoms with Gasteiger partial charge in [0.2, 0.25) is 0 Å². The molecule has 0 aliphatic heterocycles. The zero-order chi connectivity index (χ0) is 10.3. The van der Waals surface area contributed by atoms with Crippen LogP contribution in [0.15, 0.2) is 4.99 Å². The predicted octanol–water partition coefficient (Wildman–Crippen LogP) is 3.18. The second kappa shape index (κ2) is 5.73. The molecular formula is C10H19NO2. The molecule has 0 aromatic rings. The van der Waals surface area contributed by atoms with Gasteiger partial charge >= 0.3 is 6.09 Å². The molecular weight excluding hydrogens is 166 g/mol. The minimum absolute atomic E-state index is 0.445. The van der Waals surface area contributed by atoms with E-state index in [1.807, 2.05) is 20.8 Å². The molecule has 0 N–H and O–H groups in total. The molecule has 0 heterocycles. The third kappa shape index (κ3) is 9.05. The lowest BCUT2D eigenvalue weighted by Gasteiger charge is -2.16. The fourth-order valence-corrected chi connectivity index (χ4v) is 0.723. The van der Waals surface area contributed by atoms with E-state index in [-0.39, 0.29) is 0 Å². The van der Waals surface area contributed by atoms with Crippen LogP contribution < -0.4 is 0 Å². The van der Waals surface area contributed by atoms with E-state index in [0.717, 1.165) is 19.3 Å². The quantitative estimate of drug-likeness (QED) is 0.500. The van der Waals surface area contributed by atoms with Crippen LogP contribution in [0, 0.1) is 0 Å². The highest BCUT2D eigenvalue weighted by Crippen LogP contribution is 2.07. The molecule has 0 saturated heterocycles. The second-order valence-corrected chi connectivity index (χ2v) is 3.93. The van der Waals surface area contributed by atoms with E-state index in [9.17, 15) is 4.79 Å². The van der Waals surface area contributed by atoms with Crippen molar-refractivity contribution in [1.82, 2.24) is 0 Å². The second-order valence-electron chi connectivity index (χ2n) is 3.93. The first kappa shape index (κ1) is 12.1. The van der Waals surface area contributed by atoms with Crippen molar-refractivity contribution in [3.63, 3.8) is 0 Å².